The molecule has 0 fully saturated rings. The molecule has 1 heterocycles. The number of aliphatic carboxylic acids is 1. The lowest BCUT2D eigenvalue weighted by Gasteiger charge is -2.09. The normalized spacial score (nSPS) is 12.1. The SMILES string of the molecule is COc1cccc(C(CN)C(=O)O)n1. The maximum Gasteiger partial charge on any atom is 0.313 e. The molecular weight excluding hydrogens is 184 g/mol. The van der Waals surface area contributed by atoms with E-state index in [2.05, 4.69) is 4.98 Å². The molecule has 76 valence electrons. The van der Waals surface area contributed by atoms with Crippen LogP contribution in [-0.4, -0.2) is 29.7 Å². The van der Waals surface area contributed by atoms with Crippen molar-refractivity contribution in [3.05, 3.63) is 23.9 Å². The van der Waals surface area contributed by atoms with Gasteiger partial charge in [0.15, 0.2) is 0 Å². The van der Waals surface area contributed by atoms with Crippen LogP contribution in [0.1, 0.15) is 11.6 Å². The molecule has 14 heavy (non-hydrogen) atoms. The fraction of sp³-hybridized carbons (Fsp3) is 0.333. The van der Waals surface area contributed by atoms with E-state index in [9.17, 15) is 4.79 Å². The number of nitrogens with two attached hydrogens (primary N) is 1. The first-order chi connectivity index (χ1) is 6.69. The number of hydrogen-bond acceptors (Lipinski definition) is 4. The van der Waals surface area contributed by atoms with Gasteiger partial charge in [0.2, 0.25) is 5.88 Å². The molecule has 1 atom stereocenters. The van der Waals surface area contributed by atoms with Gasteiger partial charge < -0.3 is 15.6 Å². The van der Waals surface area contributed by atoms with Crippen LogP contribution in [-0.2, 0) is 4.79 Å². The van der Waals surface area contributed by atoms with Gasteiger partial charge in [0.1, 0.15) is 5.92 Å². The number of aromatic nitrogens is 1. The Balaban J connectivity index is 2.98. The molecule has 0 saturated carbocycles. The van der Waals surface area contributed by atoms with Gasteiger partial charge in [-0.05, 0) is 6.07 Å². The monoisotopic (exact) mass is 196 g/mol. The van der Waals surface area contributed by atoms with Crippen LogP contribution in [0.15, 0.2) is 18.2 Å². The third-order valence-electron chi connectivity index (χ3n) is 1.85. The maximum atomic E-state index is 10.8. The molecule has 0 aliphatic heterocycles. The molecule has 0 aliphatic rings. The molecule has 1 aromatic heterocycles. The number of pyridine rings is 1. The molecule has 0 aromatic carbocycles. The zero-order valence-corrected chi connectivity index (χ0v) is 7.80. The molecule has 1 aromatic rings. The number of ether oxygens (including phenoxy) is 1. The van der Waals surface area contributed by atoms with Crippen molar-refractivity contribution in [2.75, 3.05) is 13.7 Å². The Bertz CT molecular complexity index is 328. The summed E-state index contributed by atoms with van der Waals surface area (Å²) in [5.41, 5.74) is 5.75. The van der Waals surface area contributed by atoms with Crippen molar-refractivity contribution in [2.45, 2.75) is 5.92 Å². The van der Waals surface area contributed by atoms with Crippen LogP contribution in [0.4, 0.5) is 0 Å². The molecule has 5 heteroatoms. The van der Waals surface area contributed by atoms with E-state index < -0.39 is 11.9 Å². The molecule has 1 unspecified atom stereocenters. The summed E-state index contributed by atoms with van der Waals surface area (Å²) in [4.78, 5) is 14.8. The Morgan fingerprint density at radius 2 is 2.43 bits per heavy atom. The predicted molar refractivity (Wildman–Crippen MR) is 50.2 cm³/mol. The van der Waals surface area contributed by atoms with E-state index in [1.807, 2.05) is 0 Å². The summed E-state index contributed by atoms with van der Waals surface area (Å²) in [7, 11) is 1.48. The Hall–Kier alpha value is -1.62. The zero-order valence-electron chi connectivity index (χ0n) is 7.80. The van der Waals surface area contributed by atoms with E-state index in [1.54, 1.807) is 18.2 Å². The largest absolute Gasteiger partial charge is 0.481 e. The molecule has 1 rings (SSSR count). The van der Waals surface area contributed by atoms with Gasteiger partial charge in [-0.25, -0.2) is 4.98 Å². The van der Waals surface area contributed by atoms with Crippen molar-refractivity contribution in [3.63, 3.8) is 0 Å². The molecule has 0 saturated heterocycles. The van der Waals surface area contributed by atoms with Gasteiger partial charge >= 0.3 is 5.97 Å². The fourth-order valence-electron chi connectivity index (χ4n) is 1.09. The topological polar surface area (TPSA) is 85.4 Å². The van der Waals surface area contributed by atoms with E-state index in [4.69, 9.17) is 15.6 Å². The predicted octanol–water partition coefficient (Wildman–Crippen LogP) is 0.217. The van der Waals surface area contributed by atoms with E-state index in [-0.39, 0.29) is 6.54 Å². The van der Waals surface area contributed by atoms with Gasteiger partial charge in [-0.3, -0.25) is 4.79 Å². The molecule has 0 aliphatic carbocycles. The van der Waals surface area contributed by atoms with Crippen molar-refractivity contribution in [2.24, 2.45) is 5.73 Å². The number of rotatable bonds is 4. The summed E-state index contributed by atoms with van der Waals surface area (Å²) in [5.74, 6) is -1.36. The highest BCUT2D eigenvalue weighted by molar-refractivity contribution is 5.75. The summed E-state index contributed by atoms with van der Waals surface area (Å²) >= 11 is 0. The van der Waals surface area contributed by atoms with Gasteiger partial charge in [0, 0.05) is 12.6 Å². The number of nitrogens with zero attached hydrogens (tertiary/aromatic N) is 1. The number of methoxy groups -OCH3 is 1. The first kappa shape index (κ1) is 10.5. The Kier molecular flexibility index (Phi) is 3.41. The second-order valence-electron chi connectivity index (χ2n) is 2.73. The smallest absolute Gasteiger partial charge is 0.313 e. The van der Waals surface area contributed by atoms with Crippen LogP contribution in [0.25, 0.3) is 0 Å². The summed E-state index contributed by atoms with van der Waals surface area (Å²) < 4.78 is 4.88. The van der Waals surface area contributed by atoms with Gasteiger partial charge in [-0.15, -0.1) is 0 Å². The van der Waals surface area contributed by atoms with E-state index in [0.29, 0.717) is 11.6 Å². The van der Waals surface area contributed by atoms with Crippen molar-refractivity contribution in [1.82, 2.24) is 4.98 Å². The van der Waals surface area contributed by atoms with E-state index in [0.717, 1.165) is 0 Å². The molecule has 0 spiro atoms. The van der Waals surface area contributed by atoms with Crippen molar-refractivity contribution < 1.29 is 14.6 Å². The molecular formula is C9H12N2O3. The number of carbonyl (C=O) groups is 1. The van der Waals surface area contributed by atoms with Crippen LogP contribution in [0.2, 0.25) is 0 Å². The first-order valence-electron chi connectivity index (χ1n) is 4.13. The van der Waals surface area contributed by atoms with Crippen molar-refractivity contribution in [1.29, 1.82) is 0 Å². The van der Waals surface area contributed by atoms with Crippen LogP contribution in [0.3, 0.4) is 0 Å². The third-order valence-corrected chi connectivity index (χ3v) is 1.85. The van der Waals surface area contributed by atoms with Crippen LogP contribution < -0.4 is 10.5 Å². The van der Waals surface area contributed by atoms with E-state index >= 15 is 0 Å². The number of carboxylic acids is 1. The fourth-order valence-corrected chi connectivity index (χ4v) is 1.09. The van der Waals surface area contributed by atoms with E-state index in [1.165, 1.54) is 7.11 Å². The lowest BCUT2D eigenvalue weighted by Crippen LogP contribution is -2.22. The molecule has 0 radical (unpaired) electrons. The molecule has 3 N–H and O–H groups in total. The Labute approximate surface area is 81.5 Å². The molecule has 0 bridgehead atoms. The summed E-state index contributed by atoms with van der Waals surface area (Å²) in [6.07, 6.45) is 0. The lowest BCUT2D eigenvalue weighted by molar-refractivity contribution is -0.138. The molecule has 5 nitrogen and oxygen atoms in total. The second-order valence-corrected chi connectivity index (χ2v) is 2.73. The minimum absolute atomic E-state index is 0.0233. The first-order valence-corrected chi connectivity index (χ1v) is 4.13. The highest BCUT2D eigenvalue weighted by Crippen LogP contribution is 2.15. The summed E-state index contributed by atoms with van der Waals surface area (Å²) in [5, 5.41) is 8.83. The second kappa shape index (κ2) is 4.57. The number of carboxylic acid groups (broad SMARTS) is 1. The summed E-state index contributed by atoms with van der Waals surface area (Å²) in [6, 6.07) is 4.96. The van der Waals surface area contributed by atoms with Crippen molar-refractivity contribution in [3.8, 4) is 5.88 Å². The minimum Gasteiger partial charge on any atom is -0.481 e. The van der Waals surface area contributed by atoms with Crippen LogP contribution in [0.5, 0.6) is 5.88 Å². The quantitative estimate of drug-likeness (QED) is 0.719. The van der Waals surface area contributed by atoms with Crippen molar-refractivity contribution >= 4 is 5.97 Å². The Morgan fingerprint density at radius 1 is 1.71 bits per heavy atom. The summed E-state index contributed by atoms with van der Waals surface area (Å²) in [6.45, 7) is 0.0233. The average Bonchev–Trinajstić information content (AvgIpc) is 2.19. The zero-order chi connectivity index (χ0) is 10.6. The van der Waals surface area contributed by atoms with Gasteiger partial charge in [-0.1, -0.05) is 6.07 Å². The van der Waals surface area contributed by atoms with Crippen LogP contribution in [0, 0.1) is 0 Å². The standard InChI is InChI=1S/C9H12N2O3/c1-14-8-4-2-3-7(11-8)6(5-10)9(12)13/h2-4,6H,5,10H2,1H3,(H,12,13). The molecule has 0 amide bonds. The average molecular weight is 196 g/mol. The highest BCUT2D eigenvalue weighted by Gasteiger charge is 2.19. The highest BCUT2D eigenvalue weighted by atomic mass is 16.5. The minimum atomic E-state index is -0.978. The Morgan fingerprint density at radius 3 is 2.93 bits per heavy atom. The van der Waals surface area contributed by atoms with Gasteiger partial charge in [0.25, 0.3) is 0 Å². The lowest BCUT2D eigenvalue weighted by atomic mass is 10.1. The maximum absolute atomic E-state index is 10.8. The third kappa shape index (κ3) is 2.20. The van der Waals surface area contributed by atoms with Gasteiger partial charge in [-0.2, -0.15) is 0 Å². The van der Waals surface area contributed by atoms with Crippen LogP contribution >= 0.6 is 0 Å². The van der Waals surface area contributed by atoms with Gasteiger partial charge in [0.05, 0.1) is 12.8 Å². The number of hydrogen-bond donors (Lipinski definition) is 2.